The van der Waals surface area contributed by atoms with E-state index in [2.05, 4.69) is 19.9 Å². The molecule has 0 unspecified atom stereocenters. The molecule has 0 atom stereocenters. The van der Waals surface area contributed by atoms with E-state index in [1.807, 2.05) is 30.3 Å². The quantitative estimate of drug-likeness (QED) is 0.520. The lowest BCUT2D eigenvalue weighted by Gasteiger charge is -2.08. The van der Waals surface area contributed by atoms with Crippen LogP contribution in [0.3, 0.4) is 0 Å². The summed E-state index contributed by atoms with van der Waals surface area (Å²) in [7, 11) is 0. The molecule has 0 saturated heterocycles. The molecular formula is C16H14N4O4. The molecule has 3 aromatic rings. The highest BCUT2D eigenvalue weighted by Crippen LogP contribution is 2.10. The van der Waals surface area contributed by atoms with Gasteiger partial charge in [0.25, 0.3) is 11.1 Å². The molecule has 2 aromatic heterocycles. The summed E-state index contributed by atoms with van der Waals surface area (Å²) in [5.41, 5.74) is -0.521. The van der Waals surface area contributed by atoms with Crippen LogP contribution in [0.4, 0.5) is 0 Å². The van der Waals surface area contributed by atoms with Gasteiger partial charge >= 0.3 is 11.4 Å². The van der Waals surface area contributed by atoms with Crippen LogP contribution in [0.15, 0.2) is 55.7 Å². The maximum Gasteiger partial charge on any atom is 0.325 e. The van der Waals surface area contributed by atoms with Crippen molar-refractivity contribution in [2.75, 3.05) is 0 Å². The summed E-state index contributed by atoms with van der Waals surface area (Å²) >= 11 is 0. The normalized spacial score (nSPS) is 10.7. The van der Waals surface area contributed by atoms with E-state index in [1.165, 1.54) is 6.20 Å². The number of nitrogens with one attached hydrogen (secondary N) is 4. The zero-order chi connectivity index (χ0) is 17.1. The van der Waals surface area contributed by atoms with E-state index in [1.54, 1.807) is 0 Å². The maximum atomic E-state index is 12.2. The third-order valence-electron chi connectivity index (χ3n) is 3.62. The zero-order valence-corrected chi connectivity index (χ0v) is 12.5. The van der Waals surface area contributed by atoms with Gasteiger partial charge in [-0.25, -0.2) is 9.59 Å². The van der Waals surface area contributed by atoms with Crippen LogP contribution in [-0.2, 0) is 12.8 Å². The maximum absolute atomic E-state index is 12.2. The van der Waals surface area contributed by atoms with Gasteiger partial charge in [-0.05, 0) is 5.56 Å². The molecule has 0 saturated carbocycles. The van der Waals surface area contributed by atoms with E-state index >= 15 is 0 Å². The van der Waals surface area contributed by atoms with Crippen molar-refractivity contribution < 1.29 is 0 Å². The van der Waals surface area contributed by atoms with Gasteiger partial charge in [0.05, 0.1) is 0 Å². The fraction of sp³-hybridized carbons (Fsp3) is 0.125. The minimum atomic E-state index is -0.622. The highest BCUT2D eigenvalue weighted by molar-refractivity contribution is 5.29. The molecule has 8 heteroatoms. The van der Waals surface area contributed by atoms with Crippen LogP contribution >= 0.6 is 0 Å². The largest absolute Gasteiger partial charge is 0.325 e. The lowest BCUT2D eigenvalue weighted by atomic mass is 10.0. The SMILES string of the molecule is O=c1[nH]cc(Cc2c(Cc3ccccc3)[nH]c(=O)[nH]c2=O)c(=O)[nH]1. The Morgan fingerprint density at radius 2 is 1.46 bits per heavy atom. The van der Waals surface area contributed by atoms with Crippen LogP contribution in [0.1, 0.15) is 22.4 Å². The highest BCUT2D eigenvalue weighted by Gasteiger charge is 2.13. The van der Waals surface area contributed by atoms with Gasteiger partial charge in [-0.2, -0.15) is 0 Å². The van der Waals surface area contributed by atoms with Gasteiger partial charge in [-0.15, -0.1) is 0 Å². The zero-order valence-electron chi connectivity index (χ0n) is 12.5. The molecular weight excluding hydrogens is 312 g/mol. The third-order valence-corrected chi connectivity index (χ3v) is 3.62. The van der Waals surface area contributed by atoms with Crippen molar-refractivity contribution in [3.63, 3.8) is 0 Å². The van der Waals surface area contributed by atoms with Crippen molar-refractivity contribution in [1.82, 2.24) is 19.9 Å². The molecule has 3 rings (SSSR count). The molecule has 122 valence electrons. The van der Waals surface area contributed by atoms with Crippen LogP contribution in [0.2, 0.25) is 0 Å². The standard InChI is InChI=1S/C16H14N4O4/c21-13-10(8-17-15(23)19-13)7-11-12(18-16(24)20-14(11)22)6-9-4-2-1-3-5-9/h1-5,8H,6-7H2,(H2,17,19,21,23)(H2,18,20,22,24). The van der Waals surface area contributed by atoms with Crippen molar-refractivity contribution in [1.29, 1.82) is 0 Å². The van der Waals surface area contributed by atoms with E-state index in [-0.39, 0.29) is 17.5 Å². The summed E-state index contributed by atoms with van der Waals surface area (Å²) in [5, 5.41) is 0. The molecule has 0 fully saturated rings. The average molecular weight is 326 g/mol. The van der Waals surface area contributed by atoms with Crippen molar-refractivity contribution >= 4 is 0 Å². The summed E-state index contributed by atoms with van der Waals surface area (Å²) in [5.74, 6) is 0. The first-order valence-electron chi connectivity index (χ1n) is 7.22. The molecule has 4 N–H and O–H groups in total. The Kier molecular flexibility index (Phi) is 4.11. The Morgan fingerprint density at radius 3 is 2.17 bits per heavy atom. The van der Waals surface area contributed by atoms with E-state index in [0.717, 1.165) is 5.56 Å². The summed E-state index contributed by atoms with van der Waals surface area (Å²) < 4.78 is 0. The van der Waals surface area contributed by atoms with Gasteiger partial charge in [0.2, 0.25) is 0 Å². The number of benzene rings is 1. The van der Waals surface area contributed by atoms with Crippen molar-refractivity contribution in [3.05, 3.63) is 101 Å². The predicted octanol–water partition coefficient (Wildman–Crippen LogP) is -0.379. The van der Waals surface area contributed by atoms with Gasteiger partial charge in [-0.3, -0.25) is 19.6 Å². The lowest BCUT2D eigenvalue weighted by Crippen LogP contribution is -2.31. The van der Waals surface area contributed by atoms with Gasteiger partial charge in [0.15, 0.2) is 0 Å². The first-order chi connectivity index (χ1) is 11.5. The van der Waals surface area contributed by atoms with Gasteiger partial charge in [0.1, 0.15) is 0 Å². The third kappa shape index (κ3) is 3.32. The van der Waals surface area contributed by atoms with Crippen molar-refractivity contribution in [3.8, 4) is 0 Å². The topological polar surface area (TPSA) is 131 Å². The highest BCUT2D eigenvalue weighted by atomic mass is 16.2. The summed E-state index contributed by atoms with van der Waals surface area (Å²) in [6.07, 6.45) is 1.59. The molecule has 2 heterocycles. The molecule has 8 nitrogen and oxygen atoms in total. The molecule has 0 radical (unpaired) electrons. The fourth-order valence-corrected chi connectivity index (χ4v) is 2.46. The van der Waals surface area contributed by atoms with E-state index < -0.39 is 22.5 Å². The second kappa shape index (κ2) is 6.37. The van der Waals surface area contributed by atoms with Crippen LogP contribution < -0.4 is 22.5 Å². The van der Waals surface area contributed by atoms with E-state index in [4.69, 9.17) is 0 Å². The Bertz CT molecular complexity index is 1090. The van der Waals surface area contributed by atoms with Gasteiger partial charge < -0.3 is 9.97 Å². The Labute approximate surface area is 134 Å². The Morgan fingerprint density at radius 1 is 0.750 bits per heavy atom. The van der Waals surface area contributed by atoms with Crippen LogP contribution in [0.5, 0.6) is 0 Å². The van der Waals surface area contributed by atoms with Gasteiger partial charge in [0, 0.05) is 35.9 Å². The monoisotopic (exact) mass is 326 g/mol. The first kappa shape index (κ1) is 15.5. The van der Waals surface area contributed by atoms with Crippen LogP contribution in [0, 0.1) is 0 Å². The molecule has 1 aromatic carbocycles. The summed E-state index contributed by atoms with van der Waals surface area (Å²) in [6, 6.07) is 9.32. The Hall–Kier alpha value is -3.42. The number of hydrogen-bond donors (Lipinski definition) is 4. The number of rotatable bonds is 4. The minimum Gasteiger partial charge on any atom is -0.314 e. The molecule has 24 heavy (non-hydrogen) atoms. The van der Waals surface area contributed by atoms with Crippen molar-refractivity contribution in [2.45, 2.75) is 12.8 Å². The first-order valence-corrected chi connectivity index (χ1v) is 7.22. The molecule has 0 aliphatic carbocycles. The van der Waals surface area contributed by atoms with Crippen LogP contribution in [-0.4, -0.2) is 19.9 Å². The average Bonchev–Trinajstić information content (AvgIpc) is 2.53. The number of aromatic nitrogens is 4. The second-order valence-corrected chi connectivity index (χ2v) is 5.30. The second-order valence-electron chi connectivity index (χ2n) is 5.30. The summed E-state index contributed by atoms with van der Waals surface area (Å²) in [6.45, 7) is 0. The minimum absolute atomic E-state index is 0.0135. The molecule has 0 bridgehead atoms. The number of aromatic amines is 4. The van der Waals surface area contributed by atoms with E-state index in [0.29, 0.717) is 12.1 Å². The van der Waals surface area contributed by atoms with E-state index in [9.17, 15) is 19.2 Å². The molecule has 0 spiro atoms. The smallest absolute Gasteiger partial charge is 0.314 e. The van der Waals surface area contributed by atoms with Crippen molar-refractivity contribution in [2.24, 2.45) is 0 Å². The molecule has 0 aliphatic rings. The summed E-state index contributed by atoms with van der Waals surface area (Å²) in [4.78, 5) is 55.9. The predicted molar refractivity (Wildman–Crippen MR) is 87.4 cm³/mol. The molecule has 0 aliphatic heterocycles. The number of hydrogen-bond acceptors (Lipinski definition) is 4. The fourth-order valence-electron chi connectivity index (χ4n) is 2.46. The molecule has 0 amide bonds. The number of H-pyrrole nitrogens is 4. The van der Waals surface area contributed by atoms with Gasteiger partial charge in [-0.1, -0.05) is 30.3 Å². The Balaban J connectivity index is 2.06. The van der Waals surface area contributed by atoms with Crippen LogP contribution in [0.25, 0.3) is 0 Å². The lowest BCUT2D eigenvalue weighted by molar-refractivity contribution is 0.885.